The molecule has 0 heterocycles. The van der Waals surface area contributed by atoms with Crippen LogP contribution in [-0.4, -0.2) is 20.1 Å². The maximum atomic E-state index is 12.3. The van der Waals surface area contributed by atoms with Crippen LogP contribution in [-0.2, 0) is 10.0 Å². The Balaban J connectivity index is 2.22. The summed E-state index contributed by atoms with van der Waals surface area (Å²) in [6.45, 7) is 1.53. The van der Waals surface area contributed by atoms with Crippen LogP contribution in [0.2, 0.25) is 10.0 Å². The Morgan fingerprint density at radius 2 is 1.83 bits per heavy atom. The maximum absolute atomic E-state index is 12.3. The van der Waals surface area contributed by atoms with E-state index in [-0.39, 0.29) is 16.3 Å². The summed E-state index contributed by atoms with van der Waals surface area (Å²) in [5.74, 6) is -0.478. The number of hydrogen-bond donors (Lipinski definition) is 2. The van der Waals surface area contributed by atoms with E-state index in [2.05, 4.69) is 10.0 Å². The molecule has 0 spiro atoms. The van der Waals surface area contributed by atoms with E-state index in [1.54, 1.807) is 36.4 Å². The molecule has 2 N–H and O–H groups in total. The monoisotopic (exact) mass is 372 g/mol. The van der Waals surface area contributed by atoms with E-state index in [1.165, 1.54) is 13.0 Å². The van der Waals surface area contributed by atoms with E-state index in [1.807, 2.05) is 0 Å². The van der Waals surface area contributed by atoms with Crippen LogP contribution in [0.15, 0.2) is 42.5 Å². The molecule has 122 valence electrons. The smallest absolute Gasteiger partial charge is 0.255 e. The standard InChI is InChI=1S/C15H14Cl2N2O3S/c1-2-23(21,22)19-11-6-3-5-10(9-11)15(20)18-13-8-4-7-12(16)14(13)17/h3-9,19H,2H2,1H3,(H,18,20). The van der Waals surface area contributed by atoms with E-state index in [0.717, 1.165) is 0 Å². The van der Waals surface area contributed by atoms with Crippen molar-refractivity contribution in [3.05, 3.63) is 58.1 Å². The van der Waals surface area contributed by atoms with Crippen molar-refractivity contribution < 1.29 is 13.2 Å². The zero-order valence-corrected chi connectivity index (χ0v) is 14.5. The first-order chi connectivity index (χ1) is 10.8. The summed E-state index contributed by atoms with van der Waals surface area (Å²) < 4.78 is 25.6. The fourth-order valence-corrected chi connectivity index (χ4v) is 2.75. The Bertz CT molecular complexity index is 838. The van der Waals surface area contributed by atoms with Gasteiger partial charge >= 0.3 is 0 Å². The summed E-state index contributed by atoms with van der Waals surface area (Å²) in [6, 6.07) is 11.1. The zero-order chi connectivity index (χ0) is 17.0. The van der Waals surface area contributed by atoms with Crippen LogP contribution in [0.1, 0.15) is 17.3 Å². The Morgan fingerprint density at radius 1 is 1.13 bits per heavy atom. The van der Waals surface area contributed by atoms with Crippen LogP contribution in [0.25, 0.3) is 0 Å². The second-order valence-electron chi connectivity index (χ2n) is 4.64. The van der Waals surface area contributed by atoms with E-state index in [9.17, 15) is 13.2 Å². The van der Waals surface area contributed by atoms with Gasteiger partial charge in [-0.3, -0.25) is 9.52 Å². The Hall–Kier alpha value is -1.76. The fourth-order valence-electron chi connectivity index (χ4n) is 1.77. The van der Waals surface area contributed by atoms with Gasteiger partial charge in [-0.05, 0) is 37.3 Å². The number of nitrogens with one attached hydrogen (secondary N) is 2. The van der Waals surface area contributed by atoms with E-state index in [0.29, 0.717) is 16.4 Å². The van der Waals surface area contributed by atoms with Gasteiger partial charge in [0.2, 0.25) is 10.0 Å². The molecule has 23 heavy (non-hydrogen) atoms. The predicted molar refractivity (Wildman–Crippen MR) is 93.9 cm³/mol. The molecule has 2 rings (SSSR count). The van der Waals surface area contributed by atoms with Gasteiger partial charge in [-0.15, -0.1) is 0 Å². The molecule has 0 atom stereocenters. The lowest BCUT2D eigenvalue weighted by atomic mass is 10.2. The molecule has 0 radical (unpaired) electrons. The molecule has 2 aromatic carbocycles. The van der Waals surface area contributed by atoms with Crippen molar-refractivity contribution in [1.82, 2.24) is 0 Å². The Labute approximate surface area is 144 Å². The molecule has 0 saturated carbocycles. The third kappa shape index (κ3) is 4.60. The van der Waals surface area contributed by atoms with Crippen molar-refractivity contribution in [3.8, 4) is 0 Å². The Morgan fingerprint density at radius 3 is 2.52 bits per heavy atom. The highest BCUT2D eigenvalue weighted by Crippen LogP contribution is 2.29. The largest absolute Gasteiger partial charge is 0.321 e. The minimum Gasteiger partial charge on any atom is -0.321 e. The molecule has 2 aromatic rings. The Kier molecular flexibility index (Phi) is 5.51. The van der Waals surface area contributed by atoms with Crippen molar-refractivity contribution in [2.45, 2.75) is 6.92 Å². The van der Waals surface area contributed by atoms with Gasteiger partial charge in [0, 0.05) is 11.3 Å². The second kappa shape index (κ2) is 7.21. The molecule has 8 heteroatoms. The lowest BCUT2D eigenvalue weighted by Crippen LogP contribution is -2.16. The van der Waals surface area contributed by atoms with Gasteiger partial charge in [0.1, 0.15) is 0 Å². The minimum atomic E-state index is -3.41. The third-order valence-electron chi connectivity index (χ3n) is 2.98. The van der Waals surface area contributed by atoms with Crippen LogP contribution in [0.5, 0.6) is 0 Å². The molecule has 1 amide bonds. The number of amides is 1. The van der Waals surface area contributed by atoms with Crippen molar-refractivity contribution in [2.24, 2.45) is 0 Å². The van der Waals surface area contributed by atoms with Crippen molar-refractivity contribution >= 4 is 50.5 Å². The lowest BCUT2D eigenvalue weighted by molar-refractivity contribution is 0.102. The molecule has 0 bridgehead atoms. The predicted octanol–water partition coefficient (Wildman–Crippen LogP) is 4.01. The SMILES string of the molecule is CCS(=O)(=O)Nc1cccc(C(=O)Nc2cccc(Cl)c2Cl)c1. The average molecular weight is 373 g/mol. The molecular weight excluding hydrogens is 359 g/mol. The highest BCUT2D eigenvalue weighted by molar-refractivity contribution is 7.92. The molecule has 0 fully saturated rings. The highest BCUT2D eigenvalue weighted by Gasteiger charge is 2.12. The van der Waals surface area contributed by atoms with Crippen LogP contribution in [0.4, 0.5) is 11.4 Å². The average Bonchev–Trinajstić information content (AvgIpc) is 2.51. The summed E-state index contributed by atoms with van der Waals surface area (Å²) in [6.07, 6.45) is 0. The molecule has 0 aromatic heterocycles. The van der Waals surface area contributed by atoms with Crippen molar-refractivity contribution in [3.63, 3.8) is 0 Å². The van der Waals surface area contributed by atoms with Gasteiger partial charge < -0.3 is 5.32 Å². The van der Waals surface area contributed by atoms with Gasteiger partial charge in [-0.1, -0.05) is 35.3 Å². The van der Waals surface area contributed by atoms with Gasteiger partial charge in [-0.25, -0.2) is 8.42 Å². The molecular formula is C15H14Cl2N2O3S. The third-order valence-corrected chi connectivity index (χ3v) is 5.10. The summed E-state index contributed by atoms with van der Waals surface area (Å²) in [7, 11) is -3.41. The molecule has 5 nitrogen and oxygen atoms in total. The normalized spacial score (nSPS) is 11.1. The van der Waals surface area contributed by atoms with Crippen molar-refractivity contribution in [2.75, 3.05) is 15.8 Å². The van der Waals surface area contributed by atoms with Crippen molar-refractivity contribution in [1.29, 1.82) is 0 Å². The number of rotatable bonds is 5. The maximum Gasteiger partial charge on any atom is 0.255 e. The summed E-state index contributed by atoms with van der Waals surface area (Å²) >= 11 is 11.9. The highest BCUT2D eigenvalue weighted by atomic mass is 35.5. The first-order valence-corrected chi connectivity index (χ1v) is 9.09. The van der Waals surface area contributed by atoms with Crippen LogP contribution >= 0.6 is 23.2 Å². The van der Waals surface area contributed by atoms with Gasteiger partial charge in [0.15, 0.2) is 0 Å². The number of anilines is 2. The summed E-state index contributed by atoms with van der Waals surface area (Å²) in [4.78, 5) is 12.3. The first-order valence-electron chi connectivity index (χ1n) is 6.68. The van der Waals surface area contributed by atoms with Gasteiger partial charge in [-0.2, -0.15) is 0 Å². The van der Waals surface area contributed by atoms with E-state index < -0.39 is 15.9 Å². The van der Waals surface area contributed by atoms with Crippen LogP contribution in [0, 0.1) is 0 Å². The van der Waals surface area contributed by atoms with Crippen LogP contribution < -0.4 is 10.0 Å². The first kappa shape index (κ1) is 17.6. The number of benzene rings is 2. The summed E-state index contributed by atoms with van der Waals surface area (Å²) in [5.41, 5.74) is 0.984. The van der Waals surface area contributed by atoms with Crippen LogP contribution in [0.3, 0.4) is 0 Å². The van der Waals surface area contributed by atoms with Gasteiger partial charge in [0.05, 0.1) is 21.5 Å². The quantitative estimate of drug-likeness (QED) is 0.832. The number of sulfonamides is 1. The van der Waals surface area contributed by atoms with E-state index >= 15 is 0 Å². The lowest BCUT2D eigenvalue weighted by Gasteiger charge is -2.10. The molecule has 0 unspecified atom stereocenters. The number of halogens is 2. The minimum absolute atomic E-state index is 0.0540. The fraction of sp³-hybridized carbons (Fsp3) is 0.133. The topological polar surface area (TPSA) is 75.3 Å². The molecule has 0 saturated heterocycles. The van der Waals surface area contributed by atoms with Gasteiger partial charge in [0.25, 0.3) is 5.91 Å². The number of hydrogen-bond acceptors (Lipinski definition) is 3. The molecule has 0 aliphatic rings. The second-order valence-corrected chi connectivity index (χ2v) is 7.44. The molecule has 0 aliphatic heterocycles. The summed E-state index contributed by atoms with van der Waals surface area (Å²) in [5, 5.41) is 3.21. The number of carbonyl (C=O) groups excluding carboxylic acids is 1. The zero-order valence-electron chi connectivity index (χ0n) is 12.1. The number of carbonyl (C=O) groups is 1. The molecule has 0 aliphatic carbocycles. The van der Waals surface area contributed by atoms with E-state index in [4.69, 9.17) is 23.2 Å².